The smallest absolute Gasteiger partial charge is 0.408 e. The molecule has 1 heterocycles. The van der Waals surface area contributed by atoms with Gasteiger partial charge in [0.05, 0.1) is 12.6 Å². The van der Waals surface area contributed by atoms with Gasteiger partial charge in [0.1, 0.15) is 17.2 Å². The van der Waals surface area contributed by atoms with E-state index in [1.165, 1.54) is 0 Å². The van der Waals surface area contributed by atoms with Crippen molar-refractivity contribution in [2.24, 2.45) is 0 Å². The van der Waals surface area contributed by atoms with Gasteiger partial charge in [-0.15, -0.1) is 0 Å². The standard InChI is InChI=1S/C26H32N2O4/c1-18-16-28(17-22(31-18)19-10-6-5-7-11-19)23(29)26(27-24(30)32-25(2,3)4)14-20-12-8-9-13-21(20)15-26/h5-13,18,22H,14-17H2,1-4H3,(H,27,30)/t18-,22-/m0/s1. The summed E-state index contributed by atoms with van der Waals surface area (Å²) in [6, 6.07) is 17.9. The lowest BCUT2D eigenvalue weighted by atomic mass is 9.92. The molecule has 1 aliphatic heterocycles. The van der Waals surface area contributed by atoms with Crippen molar-refractivity contribution < 1.29 is 19.1 Å². The summed E-state index contributed by atoms with van der Waals surface area (Å²) in [6.45, 7) is 8.36. The molecule has 170 valence electrons. The molecule has 4 rings (SSSR count). The molecule has 2 aromatic carbocycles. The zero-order valence-electron chi connectivity index (χ0n) is 19.3. The molecule has 2 atom stereocenters. The molecule has 0 saturated carbocycles. The fraction of sp³-hybridized carbons (Fsp3) is 0.462. The number of carbonyl (C=O) groups excluding carboxylic acids is 2. The number of hydrogen-bond acceptors (Lipinski definition) is 4. The molecule has 2 aromatic rings. The summed E-state index contributed by atoms with van der Waals surface area (Å²) >= 11 is 0. The topological polar surface area (TPSA) is 67.9 Å². The van der Waals surface area contributed by atoms with Gasteiger partial charge in [0.2, 0.25) is 5.91 Å². The molecular weight excluding hydrogens is 404 g/mol. The van der Waals surface area contributed by atoms with Crippen molar-refractivity contribution in [3.8, 4) is 0 Å². The number of rotatable bonds is 3. The number of benzene rings is 2. The molecule has 2 aliphatic rings. The highest BCUT2D eigenvalue weighted by Crippen LogP contribution is 2.34. The summed E-state index contributed by atoms with van der Waals surface area (Å²) in [5, 5.41) is 2.97. The highest BCUT2D eigenvalue weighted by Gasteiger charge is 2.49. The molecular formula is C26H32N2O4. The van der Waals surface area contributed by atoms with Crippen molar-refractivity contribution in [3.05, 3.63) is 71.3 Å². The van der Waals surface area contributed by atoms with Crippen molar-refractivity contribution >= 4 is 12.0 Å². The van der Waals surface area contributed by atoms with Crippen LogP contribution in [0.1, 0.15) is 50.5 Å². The second kappa shape index (κ2) is 8.58. The van der Waals surface area contributed by atoms with Gasteiger partial charge in [0.15, 0.2) is 0 Å². The Hall–Kier alpha value is -2.86. The average molecular weight is 437 g/mol. The lowest BCUT2D eigenvalue weighted by Gasteiger charge is -2.41. The van der Waals surface area contributed by atoms with E-state index in [2.05, 4.69) is 5.32 Å². The number of fused-ring (bicyclic) bond motifs is 1. The maximum absolute atomic E-state index is 14.0. The lowest BCUT2D eigenvalue weighted by molar-refractivity contribution is -0.151. The van der Waals surface area contributed by atoms with Crippen LogP contribution in [0.25, 0.3) is 0 Å². The molecule has 6 nitrogen and oxygen atoms in total. The SMILES string of the molecule is C[C@H]1CN(C(=O)C2(NC(=O)OC(C)(C)C)Cc3ccccc3C2)C[C@@H](c2ccccc2)O1. The van der Waals surface area contributed by atoms with Gasteiger partial charge < -0.3 is 19.7 Å². The number of carbonyl (C=O) groups is 2. The third-order valence-electron chi connectivity index (χ3n) is 5.97. The third-order valence-corrected chi connectivity index (χ3v) is 5.97. The normalized spacial score (nSPS) is 22.2. The highest BCUT2D eigenvalue weighted by atomic mass is 16.6. The number of ether oxygens (including phenoxy) is 2. The molecule has 1 aliphatic carbocycles. The fourth-order valence-electron chi connectivity index (χ4n) is 4.68. The highest BCUT2D eigenvalue weighted by molar-refractivity contribution is 5.92. The van der Waals surface area contributed by atoms with E-state index in [4.69, 9.17) is 9.47 Å². The van der Waals surface area contributed by atoms with Crippen LogP contribution in [0, 0.1) is 0 Å². The van der Waals surface area contributed by atoms with Gasteiger partial charge in [-0.25, -0.2) is 4.79 Å². The Morgan fingerprint density at radius 2 is 1.59 bits per heavy atom. The van der Waals surface area contributed by atoms with Crippen molar-refractivity contribution in [3.63, 3.8) is 0 Å². The van der Waals surface area contributed by atoms with Gasteiger partial charge in [-0.3, -0.25) is 4.79 Å². The van der Waals surface area contributed by atoms with E-state index >= 15 is 0 Å². The van der Waals surface area contributed by atoms with E-state index in [0.29, 0.717) is 25.9 Å². The van der Waals surface area contributed by atoms with Crippen molar-refractivity contribution in [1.29, 1.82) is 0 Å². The maximum Gasteiger partial charge on any atom is 0.408 e. The first kappa shape index (κ1) is 22.3. The number of alkyl carbamates (subject to hydrolysis) is 1. The minimum absolute atomic E-state index is 0.0874. The van der Waals surface area contributed by atoms with Gasteiger partial charge in [-0.2, -0.15) is 0 Å². The summed E-state index contributed by atoms with van der Waals surface area (Å²) < 4.78 is 11.7. The Bertz CT molecular complexity index is 958. The maximum atomic E-state index is 14.0. The second-order valence-electron chi connectivity index (χ2n) is 9.89. The van der Waals surface area contributed by atoms with Crippen molar-refractivity contribution in [2.75, 3.05) is 13.1 Å². The quantitative estimate of drug-likeness (QED) is 0.789. The molecule has 0 aromatic heterocycles. The number of nitrogens with zero attached hydrogens (tertiary/aromatic N) is 1. The third kappa shape index (κ3) is 4.80. The average Bonchev–Trinajstić information content (AvgIpc) is 3.11. The van der Waals surface area contributed by atoms with E-state index in [0.717, 1.165) is 16.7 Å². The first-order valence-electron chi connectivity index (χ1n) is 11.2. The Morgan fingerprint density at radius 3 is 2.19 bits per heavy atom. The first-order chi connectivity index (χ1) is 15.2. The molecule has 1 saturated heterocycles. The number of nitrogens with one attached hydrogen (secondary N) is 1. The molecule has 2 amide bonds. The van der Waals surface area contributed by atoms with Crippen LogP contribution in [-0.4, -0.2) is 47.2 Å². The van der Waals surface area contributed by atoms with Gasteiger partial charge in [0, 0.05) is 19.4 Å². The van der Waals surface area contributed by atoms with E-state index < -0.39 is 17.2 Å². The molecule has 1 N–H and O–H groups in total. The molecule has 0 unspecified atom stereocenters. The Morgan fingerprint density at radius 1 is 1.00 bits per heavy atom. The van der Waals surface area contributed by atoms with Gasteiger partial charge in [0.25, 0.3) is 0 Å². The van der Waals surface area contributed by atoms with Gasteiger partial charge in [-0.05, 0) is 44.4 Å². The van der Waals surface area contributed by atoms with Crippen LogP contribution >= 0.6 is 0 Å². The van der Waals surface area contributed by atoms with Gasteiger partial charge in [-0.1, -0.05) is 54.6 Å². The minimum atomic E-state index is -1.07. The summed E-state index contributed by atoms with van der Waals surface area (Å²) in [7, 11) is 0. The molecule has 32 heavy (non-hydrogen) atoms. The van der Waals surface area contributed by atoms with E-state index in [-0.39, 0.29) is 18.1 Å². The Labute approximate surface area is 189 Å². The second-order valence-corrected chi connectivity index (χ2v) is 9.89. The van der Waals surface area contributed by atoms with E-state index in [1.54, 1.807) is 0 Å². The number of hydrogen-bond donors (Lipinski definition) is 1. The predicted octanol–water partition coefficient (Wildman–Crippen LogP) is 4.04. The van der Waals surface area contributed by atoms with Crippen LogP contribution in [-0.2, 0) is 27.1 Å². The van der Waals surface area contributed by atoms with Crippen LogP contribution < -0.4 is 5.32 Å². The van der Waals surface area contributed by atoms with Gasteiger partial charge >= 0.3 is 6.09 Å². The zero-order valence-corrected chi connectivity index (χ0v) is 19.3. The molecule has 6 heteroatoms. The summed E-state index contributed by atoms with van der Waals surface area (Å²) in [5.41, 5.74) is 1.49. The summed E-state index contributed by atoms with van der Waals surface area (Å²) in [4.78, 5) is 28.6. The molecule has 0 radical (unpaired) electrons. The van der Waals surface area contributed by atoms with Crippen LogP contribution in [0.2, 0.25) is 0 Å². The van der Waals surface area contributed by atoms with Crippen molar-refractivity contribution in [2.45, 2.75) is 63.9 Å². The molecule has 1 fully saturated rings. The van der Waals surface area contributed by atoms with Crippen LogP contribution in [0.15, 0.2) is 54.6 Å². The largest absolute Gasteiger partial charge is 0.444 e. The van der Waals surface area contributed by atoms with E-state index in [9.17, 15) is 9.59 Å². The number of amides is 2. The fourth-order valence-corrected chi connectivity index (χ4v) is 4.68. The monoisotopic (exact) mass is 436 g/mol. The first-order valence-corrected chi connectivity index (χ1v) is 11.2. The lowest BCUT2D eigenvalue weighted by Crippen LogP contribution is -2.63. The molecule has 0 spiro atoms. The Balaban J connectivity index is 1.61. The molecule has 0 bridgehead atoms. The Kier molecular flexibility index (Phi) is 5.99. The number of morpholine rings is 1. The van der Waals surface area contributed by atoms with E-state index in [1.807, 2.05) is 87.2 Å². The zero-order chi connectivity index (χ0) is 22.9. The summed E-state index contributed by atoms with van der Waals surface area (Å²) in [6.07, 6.45) is 0.0116. The van der Waals surface area contributed by atoms with Crippen molar-refractivity contribution in [1.82, 2.24) is 10.2 Å². The predicted molar refractivity (Wildman–Crippen MR) is 122 cm³/mol. The minimum Gasteiger partial charge on any atom is -0.444 e. The van der Waals surface area contributed by atoms with Crippen LogP contribution in [0.5, 0.6) is 0 Å². The van der Waals surface area contributed by atoms with Crippen LogP contribution in [0.3, 0.4) is 0 Å². The summed E-state index contributed by atoms with van der Waals surface area (Å²) in [5.74, 6) is -0.0874. The van der Waals surface area contributed by atoms with Crippen LogP contribution in [0.4, 0.5) is 4.79 Å².